The van der Waals surface area contributed by atoms with Gasteiger partial charge in [0.25, 0.3) is 5.56 Å². The number of H-pyrrole nitrogens is 1. The number of phosphoric ester groups is 1. The van der Waals surface area contributed by atoms with Crippen LogP contribution in [0.25, 0.3) is 10.4 Å². The molecule has 232 valence electrons. The van der Waals surface area contributed by atoms with E-state index < -0.39 is 87.1 Å². The van der Waals surface area contributed by atoms with Crippen molar-refractivity contribution in [2.75, 3.05) is 33.3 Å². The average molecular weight is 612 g/mol. The Morgan fingerprint density at radius 1 is 1.10 bits per heavy atom. The summed E-state index contributed by atoms with van der Waals surface area (Å²) < 4.78 is 59.0. The third-order valence-electron chi connectivity index (χ3n) is 4.74. The van der Waals surface area contributed by atoms with Crippen molar-refractivity contribution in [3.63, 3.8) is 0 Å². The van der Waals surface area contributed by atoms with E-state index in [1.54, 1.807) is 41.5 Å². The lowest BCUT2D eigenvalue weighted by atomic mass is 9.98. The predicted molar refractivity (Wildman–Crippen MR) is 138 cm³/mol. The number of aliphatic hydroxyl groups is 1. The number of hydrogen-bond donors (Lipinski definition) is 2. The molecule has 0 amide bonds. The zero-order valence-corrected chi connectivity index (χ0v) is 24.4. The van der Waals surface area contributed by atoms with Crippen LogP contribution in [0.3, 0.4) is 0 Å². The van der Waals surface area contributed by atoms with E-state index in [0.29, 0.717) is 4.57 Å². The summed E-state index contributed by atoms with van der Waals surface area (Å²) >= 11 is 0. The second kappa shape index (κ2) is 15.8. The van der Waals surface area contributed by atoms with Gasteiger partial charge in [-0.2, -0.15) is 0 Å². The molecule has 0 unspecified atom stereocenters. The minimum Gasteiger partial charge on any atom is -0.437 e. The third kappa shape index (κ3) is 12.5. The number of halogens is 1. The molecule has 0 spiro atoms. The Balaban J connectivity index is 3.05. The lowest BCUT2D eigenvalue weighted by molar-refractivity contribution is -0.164. The molecule has 0 aliphatic heterocycles. The van der Waals surface area contributed by atoms with Gasteiger partial charge in [-0.15, -0.1) is 0 Å². The highest BCUT2D eigenvalue weighted by atomic mass is 31.2. The number of carbonyl (C=O) groups is 2. The second-order valence-corrected chi connectivity index (χ2v) is 12.0. The van der Waals surface area contributed by atoms with Crippen LogP contribution in [0, 0.1) is 10.8 Å². The van der Waals surface area contributed by atoms with Gasteiger partial charge in [-0.3, -0.25) is 28.5 Å². The first-order valence-corrected chi connectivity index (χ1v) is 13.5. The van der Waals surface area contributed by atoms with Crippen molar-refractivity contribution in [3.8, 4) is 0 Å². The van der Waals surface area contributed by atoms with Crippen LogP contribution in [0.4, 0.5) is 4.39 Å². The summed E-state index contributed by atoms with van der Waals surface area (Å²) in [5.74, 6) is -1.47. The second-order valence-electron chi connectivity index (χ2n) is 10.3. The number of nitrogens with one attached hydrogen (secondary N) is 1. The van der Waals surface area contributed by atoms with Crippen molar-refractivity contribution in [1.82, 2.24) is 9.55 Å². The van der Waals surface area contributed by atoms with E-state index >= 15 is 4.39 Å². The predicted octanol–water partition coefficient (Wildman–Crippen LogP) is 2.31. The minimum absolute atomic E-state index is 0.262. The molecule has 2 N–H and O–H groups in total. The molecule has 41 heavy (non-hydrogen) atoms. The van der Waals surface area contributed by atoms with Crippen molar-refractivity contribution in [3.05, 3.63) is 43.5 Å². The number of azide groups is 1. The van der Waals surface area contributed by atoms with E-state index in [0.717, 1.165) is 12.3 Å². The number of aliphatic hydroxyl groups excluding tert-OH is 1. The lowest BCUT2D eigenvalue weighted by Crippen LogP contribution is -2.42. The van der Waals surface area contributed by atoms with E-state index in [9.17, 15) is 28.8 Å². The summed E-state index contributed by atoms with van der Waals surface area (Å²) in [6.07, 6.45) is -5.58. The highest BCUT2D eigenvalue weighted by Gasteiger charge is 2.36. The van der Waals surface area contributed by atoms with Crippen molar-refractivity contribution >= 4 is 19.8 Å². The molecule has 1 aromatic rings. The number of aromatic nitrogens is 2. The van der Waals surface area contributed by atoms with Gasteiger partial charge < -0.3 is 19.3 Å². The molecule has 0 aromatic carbocycles. The zero-order valence-electron chi connectivity index (χ0n) is 23.5. The maximum Gasteiger partial charge on any atom is 0.480 e. The topological polar surface area (TPSA) is 230 Å². The fourth-order valence-electron chi connectivity index (χ4n) is 2.50. The Bertz CT molecular complexity index is 1200. The normalized spacial score (nSPS) is 14.4. The van der Waals surface area contributed by atoms with E-state index in [1.165, 1.54) is 0 Å². The monoisotopic (exact) mass is 611 g/mol. The number of carbonyl (C=O) groups excluding carboxylic acids is 2. The molecule has 3 atom stereocenters. The van der Waals surface area contributed by atoms with E-state index in [4.69, 9.17) is 33.3 Å². The first-order valence-electron chi connectivity index (χ1n) is 12.1. The maximum atomic E-state index is 15.4. The summed E-state index contributed by atoms with van der Waals surface area (Å²) in [5.41, 5.74) is 4.65. The summed E-state index contributed by atoms with van der Waals surface area (Å²) in [6, 6.07) is 0.897. The number of ether oxygens (including phenoxy) is 3. The fraction of sp³-hybridized carbons (Fsp3) is 0.727. The SMILES string of the molecule is CC(C)(C)C(=O)OCOP(=O)(OCOC(=O)C(C)(C)C)OC[C@@H](O)[C@@H](F)[C@@H](OCCN=[N+]=[N-])n1ccc(=O)[nH]c1=O. The lowest BCUT2D eigenvalue weighted by Gasteiger charge is -2.27. The number of hydrogen-bond acceptors (Lipinski definition) is 13. The molecular weight excluding hydrogens is 576 g/mol. The van der Waals surface area contributed by atoms with Crippen molar-refractivity contribution in [1.29, 1.82) is 0 Å². The quantitative estimate of drug-likeness (QED) is 0.0522. The van der Waals surface area contributed by atoms with Crippen LogP contribution < -0.4 is 11.2 Å². The van der Waals surface area contributed by atoms with Crippen molar-refractivity contribution < 1.29 is 51.4 Å². The molecule has 0 bridgehead atoms. The standard InChI is InChI=1S/C22H35FN5O12P/c1-21(2,3)18(31)36-12-39-41(34,40-13-37-19(32)22(4,5)6)38-11-14(29)16(23)17(35-10-8-25-27-24)28-9-7-15(30)26-20(28)33/h7,9,14,16-17,29H,8,10-13H2,1-6H3,(H,26,30,33)/t14-,16-,17-/m1/s1. The van der Waals surface area contributed by atoms with Gasteiger partial charge in [0.1, 0.15) is 6.10 Å². The van der Waals surface area contributed by atoms with Gasteiger partial charge in [0.15, 0.2) is 12.4 Å². The third-order valence-corrected chi connectivity index (χ3v) is 6.05. The number of alkyl halides is 1. The minimum atomic E-state index is -4.77. The fourth-order valence-corrected chi connectivity index (χ4v) is 3.42. The Morgan fingerprint density at radius 3 is 2.10 bits per heavy atom. The summed E-state index contributed by atoms with van der Waals surface area (Å²) in [6.45, 7) is 5.66. The van der Waals surface area contributed by atoms with Gasteiger partial charge in [0, 0.05) is 23.7 Å². The van der Waals surface area contributed by atoms with Crippen LogP contribution in [-0.4, -0.2) is 72.2 Å². The van der Waals surface area contributed by atoms with Crippen molar-refractivity contribution in [2.45, 2.75) is 60.0 Å². The van der Waals surface area contributed by atoms with E-state index in [-0.39, 0.29) is 6.54 Å². The molecule has 1 rings (SSSR count). The van der Waals surface area contributed by atoms with Crippen LogP contribution in [0.15, 0.2) is 27.0 Å². The molecular formula is C22H35FN5O12P. The molecule has 0 saturated carbocycles. The Kier molecular flexibility index (Phi) is 13.8. The van der Waals surface area contributed by atoms with Gasteiger partial charge in [-0.1, -0.05) is 5.11 Å². The average Bonchev–Trinajstić information content (AvgIpc) is 2.86. The molecule has 0 radical (unpaired) electrons. The zero-order chi connectivity index (χ0) is 31.4. The summed E-state index contributed by atoms with van der Waals surface area (Å²) in [5, 5.41) is 13.7. The van der Waals surface area contributed by atoms with Crippen LogP contribution in [0.5, 0.6) is 0 Å². The highest BCUT2D eigenvalue weighted by Crippen LogP contribution is 2.49. The number of nitrogens with zero attached hydrogens (tertiary/aromatic N) is 4. The van der Waals surface area contributed by atoms with Gasteiger partial charge in [0.2, 0.25) is 13.6 Å². The summed E-state index contributed by atoms with van der Waals surface area (Å²) in [7, 11) is -4.77. The van der Waals surface area contributed by atoms with Gasteiger partial charge in [0.05, 0.1) is 24.0 Å². The van der Waals surface area contributed by atoms with Crippen LogP contribution in [0.1, 0.15) is 47.8 Å². The molecule has 0 saturated heterocycles. The Labute approximate surface area is 234 Å². The first kappa shape index (κ1) is 35.9. The number of esters is 2. The molecule has 17 nitrogen and oxygen atoms in total. The first-order chi connectivity index (χ1) is 18.9. The highest BCUT2D eigenvalue weighted by molar-refractivity contribution is 7.48. The molecule has 0 fully saturated rings. The maximum absolute atomic E-state index is 15.4. The Hall–Kier alpha value is -3.11. The number of rotatable bonds is 16. The van der Waals surface area contributed by atoms with Crippen LogP contribution in [-0.2, 0) is 41.9 Å². The molecule has 19 heteroatoms. The molecule has 1 heterocycles. The number of phosphoric acid groups is 1. The summed E-state index contributed by atoms with van der Waals surface area (Å²) in [4.78, 5) is 52.0. The molecule has 0 aliphatic carbocycles. The van der Waals surface area contributed by atoms with Gasteiger partial charge >= 0.3 is 25.5 Å². The molecule has 1 aromatic heterocycles. The largest absolute Gasteiger partial charge is 0.480 e. The van der Waals surface area contributed by atoms with E-state index in [1.807, 2.05) is 4.98 Å². The molecule has 0 aliphatic rings. The van der Waals surface area contributed by atoms with E-state index in [2.05, 4.69) is 10.0 Å². The van der Waals surface area contributed by atoms with Crippen LogP contribution in [0.2, 0.25) is 0 Å². The van der Waals surface area contributed by atoms with Gasteiger partial charge in [-0.25, -0.2) is 22.8 Å². The van der Waals surface area contributed by atoms with Gasteiger partial charge in [-0.05, 0) is 47.1 Å². The number of aromatic amines is 1. The van der Waals surface area contributed by atoms with Crippen molar-refractivity contribution in [2.24, 2.45) is 15.9 Å². The smallest absolute Gasteiger partial charge is 0.437 e. The Morgan fingerprint density at radius 2 is 1.63 bits per heavy atom. The van der Waals surface area contributed by atoms with Crippen LogP contribution >= 0.6 is 7.82 Å².